The summed E-state index contributed by atoms with van der Waals surface area (Å²) >= 11 is 11.6. The third-order valence-corrected chi connectivity index (χ3v) is 2.50. The van der Waals surface area contributed by atoms with Crippen molar-refractivity contribution in [3.8, 4) is 0 Å². The molecule has 0 saturated heterocycles. The predicted octanol–water partition coefficient (Wildman–Crippen LogP) is 3.22. The van der Waals surface area contributed by atoms with Crippen LogP contribution in [-0.2, 0) is 11.2 Å². The number of nitrogens with zero attached hydrogens (tertiary/aromatic N) is 1. The van der Waals surface area contributed by atoms with E-state index in [1.54, 1.807) is 13.0 Å². The molecule has 14 heavy (non-hydrogen) atoms. The second-order valence-corrected chi connectivity index (χ2v) is 3.98. The van der Waals surface area contributed by atoms with E-state index in [1.165, 1.54) is 0 Å². The minimum Gasteiger partial charge on any atom is -0.300 e. The maximum absolute atomic E-state index is 10.8. The number of aryl methyl sites for hydroxylation is 1. The highest BCUT2D eigenvalue weighted by Gasteiger charge is 2.08. The predicted molar refractivity (Wildman–Crippen MR) is 58.0 cm³/mol. The van der Waals surface area contributed by atoms with Crippen molar-refractivity contribution >= 4 is 29.0 Å². The summed E-state index contributed by atoms with van der Waals surface area (Å²) in [5, 5.41) is 0.787. The summed E-state index contributed by atoms with van der Waals surface area (Å²) in [6.07, 6.45) is 1.12. The zero-order valence-corrected chi connectivity index (χ0v) is 9.61. The second-order valence-electron chi connectivity index (χ2n) is 3.23. The summed E-state index contributed by atoms with van der Waals surface area (Å²) < 4.78 is 0. The molecule has 4 heteroatoms. The van der Waals surface area contributed by atoms with E-state index >= 15 is 0 Å². The Morgan fingerprint density at radius 1 is 1.50 bits per heavy atom. The number of aromatic nitrogens is 1. The van der Waals surface area contributed by atoms with E-state index in [9.17, 15) is 4.79 Å². The first-order valence-electron chi connectivity index (χ1n) is 4.31. The van der Waals surface area contributed by atoms with Crippen molar-refractivity contribution in [3.05, 3.63) is 27.5 Å². The first-order chi connectivity index (χ1) is 6.50. The Balaban J connectivity index is 2.91. The van der Waals surface area contributed by atoms with Gasteiger partial charge in [0.05, 0.1) is 0 Å². The van der Waals surface area contributed by atoms with Crippen molar-refractivity contribution in [3.63, 3.8) is 0 Å². The van der Waals surface area contributed by atoms with Gasteiger partial charge in [-0.25, -0.2) is 4.98 Å². The molecule has 76 valence electrons. The number of carbonyl (C=O) groups is 1. The van der Waals surface area contributed by atoms with E-state index in [0.717, 1.165) is 11.1 Å². The minimum atomic E-state index is 0.149. The molecule has 0 unspecified atom stereocenters. The van der Waals surface area contributed by atoms with Gasteiger partial charge in [0, 0.05) is 6.42 Å². The Morgan fingerprint density at radius 2 is 2.14 bits per heavy atom. The van der Waals surface area contributed by atoms with Crippen LogP contribution in [0.2, 0.25) is 10.3 Å². The molecule has 0 fully saturated rings. The van der Waals surface area contributed by atoms with Crippen LogP contribution in [0.15, 0.2) is 6.07 Å². The molecule has 0 bridgehead atoms. The third-order valence-electron chi connectivity index (χ3n) is 1.99. The zero-order valence-electron chi connectivity index (χ0n) is 8.10. The quantitative estimate of drug-likeness (QED) is 0.749. The molecule has 0 amide bonds. The minimum absolute atomic E-state index is 0.149. The number of rotatable bonds is 3. The van der Waals surface area contributed by atoms with Gasteiger partial charge in [0.2, 0.25) is 0 Å². The molecule has 2 nitrogen and oxygen atoms in total. The smallest absolute Gasteiger partial charge is 0.134 e. The molecule has 0 N–H and O–H groups in total. The fourth-order valence-corrected chi connectivity index (χ4v) is 1.85. The second kappa shape index (κ2) is 4.76. The molecular weight excluding hydrogens is 221 g/mol. The van der Waals surface area contributed by atoms with Crippen LogP contribution in [0.5, 0.6) is 0 Å². The maximum atomic E-state index is 10.8. The normalized spacial score (nSPS) is 10.3. The number of hydrogen-bond donors (Lipinski definition) is 0. The van der Waals surface area contributed by atoms with Crippen LogP contribution in [0.4, 0.5) is 0 Å². The summed E-state index contributed by atoms with van der Waals surface area (Å²) in [5.41, 5.74) is 1.89. The molecular formula is C10H11Cl2NO. The summed E-state index contributed by atoms with van der Waals surface area (Å²) in [6, 6.07) is 1.75. The maximum Gasteiger partial charge on any atom is 0.134 e. The van der Waals surface area contributed by atoms with Crippen molar-refractivity contribution in [2.24, 2.45) is 0 Å². The van der Waals surface area contributed by atoms with Crippen molar-refractivity contribution < 1.29 is 4.79 Å². The largest absolute Gasteiger partial charge is 0.300 e. The van der Waals surface area contributed by atoms with E-state index < -0.39 is 0 Å². The van der Waals surface area contributed by atoms with Gasteiger partial charge in [0.25, 0.3) is 0 Å². The Bertz CT molecular complexity index is 340. The van der Waals surface area contributed by atoms with Gasteiger partial charge in [-0.05, 0) is 37.5 Å². The lowest BCUT2D eigenvalue weighted by Gasteiger charge is -2.06. The fraction of sp³-hybridized carbons (Fsp3) is 0.400. The molecule has 0 aliphatic heterocycles. The number of Topliss-reactive ketones (excluding diaryl/α,β-unsaturated/α-hetero) is 1. The van der Waals surface area contributed by atoms with Crippen molar-refractivity contribution in [1.82, 2.24) is 4.98 Å². The monoisotopic (exact) mass is 231 g/mol. The van der Waals surface area contributed by atoms with Gasteiger partial charge in [-0.2, -0.15) is 0 Å². The van der Waals surface area contributed by atoms with Crippen LogP contribution in [0.25, 0.3) is 0 Å². The summed E-state index contributed by atoms with van der Waals surface area (Å²) in [4.78, 5) is 14.7. The highest BCUT2D eigenvalue weighted by atomic mass is 35.5. The Labute approximate surface area is 93.2 Å². The van der Waals surface area contributed by atoms with E-state index in [4.69, 9.17) is 23.2 Å². The SMILES string of the molecule is CC(=O)CCc1c(C)cc(Cl)nc1Cl. The van der Waals surface area contributed by atoms with Crippen molar-refractivity contribution in [2.75, 3.05) is 0 Å². The fourth-order valence-electron chi connectivity index (χ4n) is 1.22. The first-order valence-corrected chi connectivity index (χ1v) is 5.07. The number of carbonyl (C=O) groups excluding carboxylic acids is 1. The van der Waals surface area contributed by atoms with E-state index in [-0.39, 0.29) is 5.78 Å². The van der Waals surface area contributed by atoms with E-state index in [2.05, 4.69) is 4.98 Å². The molecule has 0 aliphatic rings. The van der Waals surface area contributed by atoms with Gasteiger partial charge in [-0.1, -0.05) is 23.2 Å². The van der Waals surface area contributed by atoms with Gasteiger partial charge in [0.1, 0.15) is 16.1 Å². The zero-order chi connectivity index (χ0) is 10.7. The summed E-state index contributed by atoms with van der Waals surface area (Å²) in [5.74, 6) is 0.149. The number of hydrogen-bond acceptors (Lipinski definition) is 2. The lowest BCUT2D eigenvalue weighted by Crippen LogP contribution is -1.98. The lowest BCUT2D eigenvalue weighted by molar-refractivity contribution is -0.116. The Hall–Kier alpha value is -0.600. The molecule has 0 aliphatic carbocycles. The van der Waals surface area contributed by atoms with E-state index in [1.807, 2.05) is 6.92 Å². The molecule has 1 aromatic heterocycles. The number of ketones is 1. The lowest BCUT2D eigenvalue weighted by atomic mass is 10.1. The van der Waals surface area contributed by atoms with Crippen LogP contribution in [0.1, 0.15) is 24.5 Å². The van der Waals surface area contributed by atoms with Crippen molar-refractivity contribution in [2.45, 2.75) is 26.7 Å². The molecule has 1 rings (SSSR count). The molecule has 1 aromatic rings. The van der Waals surface area contributed by atoms with Crippen LogP contribution in [0, 0.1) is 6.92 Å². The standard InChI is InChI=1S/C10H11Cl2NO/c1-6-5-9(11)13-10(12)8(6)4-3-7(2)14/h5H,3-4H2,1-2H3. The average Bonchev–Trinajstić information content (AvgIpc) is 2.01. The van der Waals surface area contributed by atoms with Gasteiger partial charge >= 0.3 is 0 Å². The van der Waals surface area contributed by atoms with Gasteiger partial charge in [0.15, 0.2) is 0 Å². The van der Waals surface area contributed by atoms with Crippen LogP contribution in [-0.4, -0.2) is 10.8 Å². The van der Waals surface area contributed by atoms with Crippen LogP contribution >= 0.6 is 23.2 Å². The molecule has 0 radical (unpaired) electrons. The van der Waals surface area contributed by atoms with Crippen LogP contribution in [0.3, 0.4) is 0 Å². The van der Waals surface area contributed by atoms with Gasteiger partial charge in [-0.15, -0.1) is 0 Å². The topological polar surface area (TPSA) is 30.0 Å². The molecule has 1 heterocycles. The number of halogens is 2. The Kier molecular flexibility index (Phi) is 3.90. The van der Waals surface area contributed by atoms with Crippen LogP contribution < -0.4 is 0 Å². The van der Waals surface area contributed by atoms with Crippen molar-refractivity contribution in [1.29, 1.82) is 0 Å². The first kappa shape index (κ1) is 11.5. The molecule has 0 atom stereocenters. The van der Waals surface area contributed by atoms with E-state index in [0.29, 0.717) is 23.1 Å². The average molecular weight is 232 g/mol. The summed E-state index contributed by atoms with van der Waals surface area (Å²) in [6.45, 7) is 3.47. The molecule has 0 aromatic carbocycles. The number of pyridine rings is 1. The van der Waals surface area contributed by atoms with Gasteiger partial charge in [-0.3, -0.25) is 0 Å². The molecule has 0 saturated carbocycles. The third kappa shape index (κ3) is 2.96. The van der Waals surface area contributed by atoms with Gasteiger partial charge < -0.3 is 4.79 Å². The Morgan fingerprint density at radius 3 is 2.64 bits per heavy atom. The molecule has 0 spiro atoms. The highest BCUT2D eigenvalue weighted by molar-refractivity contribution is 6.33. The highest BCUT2D eigenvalue weighted by Crippen LogP contribution is 2.22. The summed E-state index contributed by atoms with van der Waals surface area (Å²) in [7, 11) is 0.